The topological polar surface area (TPSA) is 62.7 Å². The van der Waals surface area contributed by atoms with Crippen LogP contribution in [0.4, 0.5) is 36.4 Å². The van der Waals surface area contributed by atoms with Gasteiger partial charge in [-0.1, -0.05) is 42.5 Å². The Balaban J connectivity index is 1.63. The highest BCUT2D eigenvalue weighted by Gasteiger charge is 2.30. The minimum Gasteiger partial charge on any atom is -0.324 e. The Morgan fingerprint density at radius 1 is 0.759 bits per heavy atom. The Morgan fingerprint density at radius 2 is 1.45 bits per heavy atom. The molecule has 0 radical (unpaired) electrons. The molecule has 0 amide bonds. The molecular weight excluding hydrogens is 403 g/mol. The monoisotopic (exact) mass is 415 g/mol. The summed E-state index contributed by atoms with van der Waals surface area (Å²) in [5.74, 6) is 0.183. The van der Waals surface area contributed by atoms with Crippen LogP contribution >= 0.6 is 11.6 Å². The molecule has 0 aliphatic carbocycles. The predicted molar refractivity (Wildman–Crippen MR) is 107 cm³/mol. The predicted octanol–water partition coefficient (Wildman–Crippen LogP) is 6.18. The number of hydrogen-bond acceptors (Lipinski definition) is 5. The van der Waals surface area contributed by atoms with Crippen LogP contribution in [0.25, 0.3) is 10.8 Å². The molecule has 29 heavy (non-hydrogen) atoms. The molecule has 4 rings (SSSR count). The Kier molecular flexibility index (Phi) is 4.94. The molecule has 146 valence electrons. The van der Waals surface area contributed by atoms with Crippen molar-refractivity contribution < 1.29 is 13.2 Å². The van der Waals surface area contributed by atoms with Gasteiger partial charge in [0, 0.05) is 16.8 Å². The minimum absolute atomic E-state index is 0.0204. The standard InChI is InChI=1S/C20H13ClF3N5/c21-17-27-18(25-14-8-4-7-13(11-14)20(22,23)24)29-19(28-17)26-16-10-3-6-12-5-1-2-9-15(12)16/h1-11H,(H2,25,26,27,28,29). The summed E-state index contributed by atoms with van der Waals surface area (Å²) in [5, 5.41) is 7.70. The average molecular weight is 416 g/mol. The number of hydrogen-bond donors (Lipinski definition) is 2. The number of alkyl halides is 3. The number of aromatic nitrogens is 3. The van der Waals surface area contributed by atoms with Crippen LogP contribution in [0.15, 0.2) is 66.7 Å². The van der Waals surface area contributed by atoms with Gasteiger partial charge in [-0.2, -0.15) is 28.1 Å². The summed E-state index contributed by atoms with van der Waals surface area (Å²) in [6.45, 7) is 0. The lowest BCUT2D eigenvalue weighted by Gasteiger charge is -2.12. The lowest BCUT2D eigenvalue weighted by molar-refractivity contribution is -0.137. The lowest BCUT2D eigenvalue weighted by atomic mass is 10.1. The van der Waals surface area contributed by atoms with Gasteiger partial charge in [0.25, 0.3) is 0 Å². The third-order valence-corrected chi connectivity index (χ3v) is 4.26. The van der Waals surface area contributed by atoms with Crippen LogP contribution in [0.3, 0.4) is 0 Å². The molecule has 0 saturated carbocycles. The second-order valence-corrected chi connectivity index (χ2v) is 6.44. The van der Waals surface area contributed by atoms with Crippen molar-refractivity contribution in [2.45, 2.75) is 6.18 Å². The molecule has 3 aromatic carbocycles. The molecule has 0 aliphatic rings. The van der Waals surface area contributed by atoms with Crippen molar-refractivity contribution in [2.24, 2.45) is 0 Å². The molecule has 4 aromatic rings. The fraction of sp³-hybridized carbons (Fsp3) is 0.0500. The SMILES string of the molecule is FC(F)(F)c1cccc(Nc2nc(Cl)nc(Nc3cccc4ccccc34)n2)c1. The van der Waals surface area contributed by atoms with Crippen molar-refractivity contribution in [1.29, 1.82) is 0 Å². The quantitative estimate of drug-likeness (QED) is 0.416. The first kappa shape index (κ1) is 18.9. The molecule has 0 fully saturated rings. The van der Waals surface area contributed by atoms with Crippen molar-refractivity contribution in [3.8, 4) is 0 Å². The maximum atomic E-state index is 12.9. The zero-order valence-electron chi connectivity index (χ0n) is 14.7. The number of halogens is 4. The summed E-state index contributed by atoms with van der Waals surface area (Å²) in [7, 11) is 0. The first-order valence-electron chi connectivity index (χ1n) is 8.49. The third kappa shape index (κ3) is 4.38. The fourth-order valence-electron chi connectivity index (χ4n) is 2.82. The van der Waals surface area contributed by atoms with E-state index in [1.807, 2.05) is 42.5 Å². The summed E-state index contributed by atoms with van der Waals surface area (Å²) >= 11 is 5.98. The zero-order chi connectivity index (χ0) is 20.4. The summed E-state index contributed by atoms with van der Waals surface area (Å²) in [6.07, 6.45) is -4.45. The first-order valence-corrected chi connectivity index (χ1v) is 8.87. The first-order chi connectivity index (χ1) is 13.9. The van der Waals surface area contributed by atoms with E-state index in [9.17, 15) is 13.2 Å². The van der Waals surface area contributed by atoms with Crippen molar-refractivity contribution >= 4 is 45.6 Å². The molecule has 0 spiro atoms. The molecule has 0 bridgehead atoms. The van der Waals surface area contributed by atoms with E-state index in [0.29, 0.717) is 0 Å². The second-order valence-electron chi connectivity index (χ2n) is 6.11. The van der Waals surface area contributed by atoms with E-state index in [1.165, 1.54) is 12.1 Å². The molecule has 2 N–H and O–H groups in total. The van der Waals surface area contributed by atoms with E-state index >= 15 is 0 Å². The number of benzene rings is 3. The largest absolute Gasteiger partial charge is 0.416 e. The van der Waals surface area contributed by atoms with Crippen molar-refractivity contribution in [3.05, 3.63) is 77.6 Å². The number of nitrogens with zero attached hydrogens (tertiary/aromatic N) is 3. The van der Waals surface area contributed by atoms with Crippen LogP contribution in [0, 0.1) is 0 Å². The zero-order valence-corrected chi connectivity index (χ0v) is 15.5. The van der Waals surface area contributed by atoms with Gasteiger partial charge in [-0.25, -0.2) is 0 Å². The molecule has 0 saturated heterocycles. The highest BCUT2D eigenvalue weighted by atomic mass is 35.5. The van der Waals surface area contributed by atoms with E-state index in [0.717, 1.165) is 28.6 Å². The maximum absolute atomic E-state index is 12.9. The van der Waals surface area contributed by atoms with E-state index in [2.05, 4.69) is 25.6 Å². The fourth-order valence-corrected chi connectivity index (χ4v) is 2.98. The Morgan fingerprint density at radius 3 is 2.24 bits per heavy atom. The summed E-state index contributed by atoms with van der Waals surface area (Å²) in [5.41, 5.74) is 0.158. The van der Waals surface area contributed by atoms with E-state index in [1.54, 1.807) is 0 Å². The molecular formula is C20H13ClF3N5. The third-order valence-electron chi connectivity index (χ3n) is 4.09. The number of fused-ring (bicyclic) bond motifs is 1. The molecule has 5 nitrogen and oxygen atoms in total. The number of nitrogens with one attached hydrogen (secondary N) is 2. The van der Waals surface area contributed by atoms with Crippen LogP contribution in [-0.4, -0.2) is 15.0 Å². The van der Waals surface area contributed by atoms with Gasteiger partial charge in [-0.15, -0.1) is 0 Å². The normalized spacial score (nSPS) is 11.4. The van der Waals surface area contributed by atoms with Gasteiger partial charge in [0.15, 0.2) is 0 Å². The number of rotatable bonds is 4. The summed E-state index contributed by atoms with van der Waals surface area (Å²) in [4.78, 5) is 12.2. The maximum Gasteiger partial charge on any atom is 0.416 e. The smallest absolute Gasteiger partial charge is 0.324 e. The van der Waals surface area contributed by atoms with Crippen molar-refractivity contribution in [2.75, 3.05) is 10.6 Å². The average Bonchev–Trinajstić information content (AvgIpc) is 2.67. The Hall–Kier alpha value is -3.39. The molecule has 0 atom stereocenters. The molecule has 0 unspecified atom stereocenters. The van der Waals surface area contributed by atoms with Crippen LogP contribution in [0.5, 0.6) is 0 Å². The van der Waals surface area contributed by atoms with Crippen molar-refractivity contribution in [3.63, 3.8) is 0 Å². The number of anilines is 4. The van der Waals surface area contributed by atoms with Gasteiger partial charge >= 0.3 is 6.18 Å². The van der Waals surface area contributed by atoms with E-state index in [4.69, 9.17) is 11.6 Å². The van der Waals surface area contributed by atoms with Gasteiger partial charge in [0.2, 0.25) is 17.2 Å². The Bertz CT molecular complexity index is 1170. The minimum atomic E-state index is -4.45. The second kappa shape index (κ2) is 7.56. The van der Waals surface area contributed by atoms with E-state index < -0.39 is 11.7 Å². The summed E-state index contributed by atoms with van der Waals surface area (Å²) < 4.78 is 38.7. The lowest BCUT2D eigenvalue weighted by Crippen LogP contribution is -2.07. The molecule has 1 heterocycles. The van der Waals surface area contributed by atoms with Gasteiger partial charge < -0.3 is 10.6 Å². The highest BCUT2D eigenvalue weighted by molar-refractivity contribution is 6.28. The van der Waals surface area contributed by atoms with Gasteiger partial charge in [-0.3, -0.25) is 0 Å². The van der Waals surface area contributed by atoms with Gasteiger partial charge in [-0.05, 0) is 41.3 Å². The van der Waals surface area contributed by atoms with Crippen LogP contribution in [-0.2, 0) is 6.18 Å². The Labute approximate surface area is 168 Å². The summed E-state index contributed by atoms with van der Waals surface area (Å²) in [6, 6.07) is 18.2. The molecule has 9 heteroatoms. The molecule has 1 aromatic heterocycles. The van der Waals surface area contributed by atoms with Crippen LogP contribution < -0.4 is 10.6 Å². The highest BCUT2D eigenvalue weighted by Crippen LogP contribution is 2.31. The van der Waals surface area contributed by atoms with Crippen LogP contribution in [0.1, 0.15) is 5.56 Å². The van der Waals surface area contributed by atoms with Gasteiger partial charge in [0.05, 0.1) is 5.56 Å². The van der Waals surface area contributed by atoms with E-state index in [-0.39, 0.29) is 22.9 Å². The van der Waals surface area contributed by atoms with Gasteiger partial charge in [0.1, 0.15) is 0 Å². The van der Waals surface area contributed by atoms with Crippen LogP contribution in [0.2, 0.25) is 5.28 Å². The molecule has 0 aliphatic heterocycles. The van der Waals surface area contributed by atoms with Crippen molar-refractivity contribution in [1.82, 2.24) is 15.0 Å².